The van der Waals surface area contributed by atoms with Gasteiger partial charge in [0.25, 0.3) is 0 Å². The molecule has 1 N–H and O–H groups in total. The van der Waals surface area contributed by atoms with Gasteiger partial charge in [0, 0.05) is 21.2 Å². The molecule has 3 heteroatoms. The Labute approximate surface area is 104 Å². The van der Waals surface area contributed by atoms with E-state index in [0.717, 1.165) is 11.0 Å². The van der Waals surface area contributed by atoms with Gasteiger partial charge in [0.2, 0.25) is 0 Å². The molecule has 0 amide bonds. The van der Waals surface area contributed by atoms with E-state index in [-0.39, 0.29) is 0 Å². The molecule has 0 aliphatic heterocycles. The zero-order valence-electron chi connectivity index (χ0n) is 8.66. The molecule has 1 rings (SSSR count). The van der Waals surface area contributed by atoms with Crippen molar-refractivity contribution in [2.45, 2.75) is 17.1 Å². The third-order valence-corrected chi connectivity index (χ3v) is 3.38. The van der Waals surface area contributed by atoms with Crippen LogP contribution in [0.4, 0.5) is 0 Å². The van der Waals surface area contributed by atoms with Crippen LogP contribution in [0.15, 0.2) is 33.6 Å². The molecule has 1 aromatic carbocycles. The second-order valence-electron chi connectivity index (χ2n) is 3.22. The number of nitrogens with one attached hydrogen (secondary N) is 1. The van der Waals surface area contributed by atoms with Crippen molar-refractivity contribution in [3.8, 4) is 12.3 Å². The first-order valence-electron chi connectivity index (χ1n) is 4.79. The molecule has 80 valence electrons. The summed E-state index contributed by atoms with van der Waals surface area (Å²) in [5.41, 5.74) is 0. The summed E-state index contributed by atoms with van der Waals surface area (Å²) in [4.78, 5) is 1.28. The van der Waals surface area contributed by atoms with Crippen LogP contribution in [0.5, 0.6) is 0 Å². The molecule has 0 radical (unpaired) electrons. The molecular weight excluding hydrogens is 270 g/mol. The van der Waals surface area contributed by atoms with E-state index in [1.165, 1.54) is 4.90 Å². The van der Waals surface area contributed by atoms with Crippen molar-refractivity contribution in [2.24, 2.45) is 0 Å². The van der Waals surface area contributed by atoms with Crippen molar-refractivity contribution in [2.75, 3.05) is 13.1 Å². The smallest absolute Gasteiger partial charge is 0.0574 e. The largest absolute Gasteiger partial charge is 0.305 e. The van der Waals surface area contributed by atoms with Gasteiger partial charge in [-0.25, -0.2) is 0 Å². The lowest BCUT2D eigenvalue weighted by Crippen LogP contribution is -2.22. The Balaban J connectivity index is 2.38. The molecule has 0 aromatic heterocycles. The maximum atomic E-state index is 5.16. The number of hydrogen-bond donors (Lipinski definition) is 1. The van der Waals surface area contributed by atoms with Gasteiger partial charge >= 0.3 is 0 Å². The van der Waals surface area contributed by atoms with Gasteiger partial charge in [-0.2, -0.15) is 0 Å². The van der Waals surface area contributed by atoms with Crippen LogP contribution in [-0.2, 0) is 0 Å². The minimum atomic E-state index is 0.521. The van der Waals surface area contributed by atoms with Gasteiger partial charge in [-0.1, -0.05) is 34.8 Å². The minimum Gasteiger partial charge on any atom is -0.305 e. The second-order valence-corrected chi connectivity index (χ2v) is 5.65. The summed E-state index contributed by atoms with van der Waals surface area (Å²) in [5.74, 6) is 2.57. The maximum absolute atomic E-state index is 5.16. The maximum Gasteiger partial charge on any atom is 0.0574 e. The highest BCUT2D eigenvalue weighted by atomic mass is 79.9. The number of halogens is 1. The summed E-state index contributed by atoms with van der Waals surface area (Å²) in [6.07, 6.45) is 5.16. The average molecular weight is 284 g/mol. The molecule has 1 atom stereocenters. The number of terminal acetylenes is 1. The summed E-state index contributed by atoms with van der Waals surface area (Å²) in [5, 5.41) is 3.72. The Morgan fingerprint density at radius 1 is 1.60 bits per heavy atom. The normalized spacial score (nSPS) is 12.1. The topological polar surface area (TPSA) is 12.0 Å². The highest BCUT2D eigenvalue weighted by Crippen LogP contribution is 2.25. The van der Waals surface area contributed by atoms with E-state index in [2.05, 4.69) is 46.2 Å². The van der Waals surface area contributed by atoms with E-state index < -0.39 is 0 Å². The van der Waals surface area contributed by atoms with Crippen molar-refractivity contribution in [3.05, 3.63) is 28.7 Å². The third kappa shape index (κ3) is 5.27. The predicted octanol–water partition coefficient (Wildman–Crippen LogP) is 3.15. The summed E-state index contributed by atoms with van der Waals surface area (Å²) < 4.78 is 1.12. The molecule has 0 bridgehead atoms. The molecule has 1 aromatic rings. The van der Waals surface area contributed by atoms with E-state index in [1.807, 2.05) is 23.9 Å². The summed E-state index contributed by atoms with van der Waals surface area (Å²) in [6.45, 7) is 3.76. The van der Waals surface area contributed by atoms with E-state index in [9.17, 15) is 0 Å². The van der Waals surface area contributed by atoms with Crippen LogP contribution < -0.4 is 5.32 Å². The highest BCUT2D eigenvalue weighted by molar-refractivity contribution is 9.10. The van der Waals surface area contributed by atoms with Gasteiger partial charge in [0.05, 0.1) is 6.54 Å². The van der Waals surface area contributed by atoms with Crippen molar-refractivity contribution in [3.63, 3.8) is 0 Å². The molecule has 1 nitrogen and oxygen atoms in total. The Kier molecular flexibility index (Phi) is 5.85. The molecule has 0 saturated carbocycles. The van der Waals surface area contributed by atoms with E-state index in [0.29, 0.717) is 11.8 Å². The lowest BCUT2D eigenvalue weighted by atomic mass is 10.4. The van der Waals surface area contributed by atoms with Crippen LogP contribution in [0.1, 0.15) is 6.92 Å². The fraction of sp³-hybridized carbons (Fsp3) is 0.333. The zero-order valence-corrected chi connectivity index (χ0v) is 11.1. The molecular formula is C12H14BrNS. The number of benzene rings is 1. The minimum absolute atomic E-state index is 0.521. The third-order valence-electron chi connectivity index (χ3n) is 1.79. The van der Waals surface area contributed by atoms with Gasteiger partial charge < -0.3 is 5.32 Å². The summed E-state index contributed by atoms with van der Waals surface area (Å²) in [6, 6.07) is 8.33. The van der Waals surface area contributed by atoms with Crippen LogP contribution in [-0.4, -0.2) is 18.3 Å². The average Bonchev–Trinajstić information content (AvgIpc) is 2.18. The van der Waals surface area contributed by atoms with Crippen LogP contribution in [0.2, 0.25) is 0 Å². The number of thioether (sulfide) groups is 1. The van der Waals surface area contributed by atoms with E-state index in [4.69, 9.17) is 6.42 Å². The van der Waals surface area contributed by atoms with Crippen LogP contribution >= 0.6 is 27.7 Å². The summed E-state index contributed by atoms with van der Waals surface area (Å²) in [7, 11) is 0. The molecule has 0 aliphatic rings. The van der Waals surface area contributed by atoms with Crippen molar-refractivity contribution >= 4 is 27.7 Å². The monoisotopic (exact) mass is 283 g/mol. The van der Waals surface area contributed by atoms with Crippen LogP contribution in [0.3, 0.4) is 0 Å². The Morgan fingerprint density at radius 3 is 3.07 bits per heavy atom. The van der Waals surface area contributed by atoms with Gasteiger partial charge in [-0.3, -0.25) is 0 Å². The Morgan fingerprint density at radius 2 is 2.40 bits per heavy atom. The fourth-order valence-corrected chi connectivity index (χ4v) is 2.73. The summed E-state index contributed by atoms with van der Waals surface area (Å²) >= 11 is 5.31. The molecule has 0 heterocycles. The van der Waals surface area contributed by atoms with Crippen LogP contribution in [0.25, 0.3) is 0 Å². The standard InChI is InChI=1S/C12H14BrNS/c1-3-7-14-9-10(2)15-12-6-4-5-11(13)8-12/h1,4-6,8,10,14H,7,9H2,2H3. The molecule has 0 saturated heterocycles. The molecule has 15 heavy (non-hydrogen) atoms. The van der Waals surface area contributed by atoms with Crippen molar-refractivity contribution in [1.82, 2.24) is 5.32 Å². The van der Waals surface area contributed by atoms with Crippen molar-refractivity contribution in [1.29, 1.82) is 0 Å². The zero-order chi connectivity index (χ0) is 11.1. The highest BCUT2D eigenvalue weighted by Gasteiger charge is 2.03. The van der Waals surface area contributed by atoms with E-state index >= 15 is 0 Å². The first kappa shape index (κ1) is 12.6. The lowest BCUT2D eigenvalue weighted by Gasteiger charge is -2.11. The Bertz CT molecular complexity index is 346. The van der Waals surface area contributed by atoms with E-state index in [1.54, 1.807) is 0 Å². The first-order chi connectivity index (χ1) is 7.22. The van der Waals surface area contributed by atoms with Crippen LogP contribution in [0, 0.1) is 12.3 Å². The Hall–Kier alpha value is -0.430. The SMILES string of the molecule is C#CCNCC(C)Sc1cccc(Br)c1. The van der Waals surface area contributed by atoms with Gasteiger partial charge in [-0.15, -0.1) is 18.2 Å². The number of rotatable bonds is 5. The molecule has 0 aliphatic carbocycles. The predicted molar refractivity (Wildman–Crippen MR) is 71.2 cm³/mol. The quantitative estimate of drug-likeness (QED) is 0.506. The molecule has 1 unspecified atom stereocenters. The number of hydrogen-bond acceptors (Lipinski definition) is 2. The fourth-order valence-electron chi connectivity index (χ4n) is 1.16. The molecule has 0 spiro atoms. The van der Waals surface area contributed by atoms with Crippen molar-refractivity contribution < 1.29 is 0 Å². The first-order valence-corrected chi connectivity index (χ1v) is 6.46. The lowest BCUT2D eigenvalue weighted by molar-refractivity contribution is 0.748. The van der Waals surface area contributed by atoms with Gasteiger partial charge in [0.1, 0.15) is 0 Å². The van der Waals surface area contributed by atoms with Gasteiger partial charge in [0.15, 0.2) is 0 Å². The van der Waals surface area contributed by atoms with Gasteiger partial charge in [-0.05, 0) is 18.2 Å². The molecule has 0 fully saturated rings. The second kappa shape index (κ2) is 6.95.